The number of anilines is 1. The van der Waals surface area contributed by atoms with Crippen molar-refractivity contribution in [2.75, 3.05) is 12.4 Å². The first kappa shape index (κ1) is 13.8. The van der Waals surface area contributed by atoms with Crippen LogP contribution in [0.5, 0.6) is 0 Å². The molecule has 1 fully saturated rings. The Bertz CT molecular complexity index is 616. The quantitative estimate of drug-likeness (QED) is 0.828. The Labute approximate surface area is 132 Å². The van der Waals surface area contributed by atoms with E-state index in [2.05, 4.69) is 38.0 Å². The van der Waals surface area contributed by atoms with E-state index in [4.69, 9.17) is 4.98 Å². The standard InChI is InChI=1S/C14H18IN5/c1-16-14-11(15)12(9-5-3-4-6-9)17-13(18-14)10-7-8-20(2)19-10/h7-9H,3-6H2,1-2H3,(H,16,17,18). The van der Waals surface area contributed by atoms with Gasteiger partial charge in [-0.1, -0.05) is 12.8 Å². The molecule has 3 rings (SSSR count). The monoisotopic (exact) mass is 383 g/mol. The first-order valence-electron chi connectivity index (χ1n) is 6.94. The highest BCUT2D eigenvalue weighted by Crippen LogP contribution is 2.37. The first-order chi connectivity index (χ1) is 9.69. The molecule has 1 aliphatic carbocycles. The van der Waals surface area contributed by atoms with Gasteiger partial charge in [0.2, 0.25) is 0 Å². The summed E-state index contributed by atoms with van der Waals surface area (Å²) in [5, 5.41) is 7.60. The highest BCUT2D eigenvalue weighted by molar-refractivity contribution is 14.1. The zero-order chi connectivity index (χ0) is 14.1. The van der Waals surface area contributed by atoms with Crippen LogP contribution in [0.25, 0.3) is 11.5 Å². The van der Waals surface area contributed by atoms with Gasteiger partial charge in [0.05, 0.1) is 9.26 Å². The number of aromatic nitrogens is 4. The predicted molar refractivity (Wildman–Crippen MR) is 87.7 cm³/mol. The SMILES string of the molecule is CNc1nc(-c2ccn(C)n2)nc(C2CCCC2)c1I. The summed E-state index contributed by atoms with van der Waals surface area (Å²) >= 11 is 2.36. The molecule has 20 heavy (non-hydrogen) atoms. The van der Waals surface area contributed by atoms with E-state index < -0.39 is 0 Å². The van der Waals surface area contributed by atoms with Gasteiger partial charge in [-0.05, 0) is 41.5 Å². The Hall–Kier alpha value is -1.18. The van der Waals surface area contributed by atoms with Gasteiger partial charge in [-0.2, -0.15) is 5.10 Å². The van der Waals surface area contributed by atoms with Crippen molar-refractivity contribution in [1.82, 2.24) is 19.7 Å². The third kappa shape index (κ3) is 2.53. The lowest BCUT2D eigenvalue weighted by molar-refractivity contribution is 0.689. The van der Waals surface area contributed by atoms with Gasteiger partial charge in [0, 0.05) is 26.2 Å². The smallest absolute Gasteiger partial charge is 0.182 e. The van der Waals surface area contributed by atoms with Gasteiger partial charge in [0.1, 0.15) is 11.5 Å². The molecule has 6 heteroatoms. The van der Waals surface area contributed by atoms with Gasteiger partial charge in [-0.3, -0.25) is 4.68 Å². The Kier molecular flexibility index (Phi) is 3.91. The molecule has 2 heterocycles. The van der Waals surface area contributed by atoms with E-state index in [-0.39, 0.29) is 0 Å². The lowest BCUT2D eigenvalue weighted by Crippen LogP contribution is -2.08. The van der Waals surface area contributed by atoms with Crippen LogP contribution in [0.4, 0.5) is 5.82 Å². The maximum Gasteiger partial charge on any atom is 0.182 e. The fourth-order valence-corrected chi connectivity index (χ4v) is 3.70. The molecular formula is C14H18IN5. The Morgan fingerprint density at radius 3 is 2.65 bits per heavy atom. The van der Waals surface area contributed by atoms with E-state index in [1.54, 1.807) is 4.68 Å². The molecule has 2 aromatic rings. The fourth-order valence-electron chi connectivity index (χ4n) is 2.75. The average molecular weight is 383 g/mol. The molecule has 0 aromatic carbocycles. The Morgan fingerprint density at radius 2 is 2.05 bits per heavy atom. The average Bonchev–Trinajstić information content (AvgIpc) is 3.10. The molecule has 1 N–H and O–H groups in total. The van der Waals surface area contributed by atoms with Crippen molar-refractivity contribution in [2.24, 2.45) is 7.05 Å². The molecule has 0 spiro atoms. The van der Waals surface area contributed by atoms with Crippen molar-refractivity contribution in [2.45, 2.75) is 31.6 Å². The summed E-state index contributed by atoms with van der Waals surface area (Å²) in [4.78, 5) is 9.41. The van der Waals surface area contributed by atoms with Crippen LogP contribution in [0.15, 0.2) is 12.3 Å². The van der Waals surface area contributed by atoms with Gasteiger partial charge in [0.25, 0.3) is 0 Å². The van der Waals surface area contributed by atoms with Crippen LogP contribution >= 0.6 is 22.6 Å². The van der Waals surface area contributed by atoms with Gasteiger partial charge >= 0.3 is 0 Å². The van der Waals surface area contributed by atoms with Crippen LogP contribution in [0.2, 0.25) is 0 Å². The summed E-state index contributed by atoms with van der Waals surface area (Å²) in [5.41, 5.74) is 2.02. The van der Waals surface area contributed by atoms with Crippen LogP contribution < -0.4 is 5.32 Å². The molecule has 2 aromatic heterocycles. The second kappa shape index (κ2) is 5.67. The number of halogens is 1. The number of rotatable bonds is 3. The molecule has 5 nitrogen and oxygen atoms in total. The van der Waals surface area contributed by atoms with Gasteiger partial charge in [0.15, 0.2) is 5.82 Å². The molecule has 1 aliphatic rings. The van der Waals surface area contributed by atoms with E-state index in [0.29, 0.717) is 5.92 Å². The summed E-state index contributed by atoms with van der Waals surface area (Å²) in [6, 6.07) is 1.96. The lowest BCUT2D eigenvalue weighted by Gasteiger charge is -2.14. The molecule has 0 saturated heterocycles. The molecule has 0 bridgehead atoms. The largest absolute Gasteiger partial charge is 0.372 e. The topological polar surface area (TPSA) is 55.6 Å². The predicted octanol–water partition coefficient (Wildman–Crippen LogP) is 3.18. The van der Waals surface area contributed by atoms with E-state index in [9.17, 15) is 0 Å². The van der Waals surface area contributed by atoms with E-state index >= 15 is 0 Å². The summed E-state index contributed by atoms with van der Waals surface area (Å²) in [7, 11) is 3.82. The van der Waals surface area contributed by atoms with Crippen LogP contribution in [0.1, 0.15) is 37.3 Å². The summed E-state index contributed by atoms with van der Waals surface area (Å²) in [5.74, 6) is 2.19. The van der Waals surface area contributed by atoms with E-state index in [1.807, 2.05) is 26.4 Å². The van der Waals surface area contributed by atoms with Crippen molar-refractivity contribution < 1.29 is 0 Å². The van der Waals surface area contributed by atoms with Crippen LogP contribution in [-0.2, 0) is 7.05 Å². The minimum Gasteiger partial charge on any atom is -0.372 e. The number of hydrogen-bond acceptors (Lipinski definition) is 4. The number of hydrogen-bond donors (Lipinski definition) is 1. The molecule has 0 radical (unpaired) electrons. The normalized spacial score (nSPS) is 15.8. The molecule has 0 amide bonds. The maximum atomic E-state index is 4.81. The zero-order valence-electron chi connectivity index (χ0n) is 11.7. The van der Waals surface area contributed by atoms with Crippen molar-refractivity contribution in [1.29, 1.82) is 0 Å². The van der Waals surface area contributed by atoms with Crippen molar-refractivity contribution in [3.05, 3.63) is 21.5 Å². The minimum absolute atomic E-state index is 0.569. The molecule has 0 aliphatic heterocycles. The molecule has 0 unspecified atom stereocenters. The zero-order valence-corrected chi connectivity index (χ0v) is 13.9. The fraction of sp³-hybridized carbons (Fsp3) is 0.500. The molecule has 1 saturated carbocycles. The Balaban J connectivity index is 2.09. The van der Waals surface area contributed by atoms with Crippen molar-refractivity contribution >= 4 is 28.4 Å². The Morgan fingerprint density at radius 1 is 1.30 bits per heavy atom. The van der Waals surface area contributed by atoms with Crippen molar-refractivity contribution in [3.63, 3.8) is 0 Å². The molecule has 106 valence electrons. The number of aryl methyl sites for hydroxylation is 1. The maximum absolute atomic E-state index is 4.81. The summed E-state index contributed by atoms with van der Waals surface area (Å²) in [6.45, 7) is 0. The summed E-state index contributed by atoms with van der Waals surface area (Å²) in [6.07, 6.45) is 7.00. The second-order valence-electron chi connectivity index (χ2n) is 5.20. The third-order valence-corrected chi connectivity index (χ3v) is 4.86. The lowest BCUT2D eigenvalue weighted by atomic mass is 10.0. The van der Waals surface area contributed by atoms with Gasteiger partial charge < -0.3 is 5.32 Å². The highest BCUT2D eigenvalue weighted by Gasteiger charge is 2.24. The van der Waals surface area contributed by atoms with Crippen LogP contribution in [-0.4, -0.2) is 26.8 Å². The van der Waals surface area contributed by atoms with E-state index in [0.717, 1.165) is 20.9 Å². The second-order valence-corrected chi connectivity index (χ2v) is 6.28. The van der Waals surface area contributed by atoms with Crippen molar-refractivity contribution in [3.8, 4) is 11.5 Å². The van der Waals surface area contributed by atoms with Crippen LogP contribution in [0.3, 0.4) is 0 Å². The highest BCUT2D eigenvalue weighted by atomic mass is 127. The van der Waals surface area contributed by atoms with E-state index in [1.165, 1.54) is 31.4 Å². The number of nitrogens with zero attached hydrogens (tertiary/aromatic N) is 4. The third-order valence-electron chi connectivity index (χ3n) is 3.80. The number of nitrogens with one attached hydrogen (secondary N) is 1. The summed E-state index contributed by atoms with van der Waals surface area (Å²) < 4.78 is 2.93. The minimum atomic E-state index is 0.569. The first-order valence-corrected chi connectivity index (χ1v) is 8.02. The molecular weight excluding hydrogens is 365 g/mol. The van der Waals surface area contributed by atoms with Gasteiger partial charge in [-0.15, -0.1) is 0 Å². The van der Waals surface area contributed by atoms with Gasteiger partial charge in [-0.25, -0.2) is 9.97 Å². The van der Waals surface area contributed by atoms with Crippen LogP contribution in [0, 0.1) is 3.57 Å². The molecule has 0 atom stereocenters.